The van der Waals surface area contributed by atoms with Crippen molar-refractivity contribution in [2.24, 2.45) is 0 Å². The van der Waals surface area contributed by atoms with Crippen LogP contribution in [0.4, 0.5) is 8.78 Å². The molecule has 2 N–H and O–H groups in total. The first-order valence-corrected chi connectivity index (χ1v) is 6.41. The van der Waals surface area contributed by atoms with E-state index in [0.29, 0.717) is 18.4 Å². The van der Waals surface area contributed by atoms with Crippen LogP contribution in [-0.2, 0) is 16.0 Å². The van der Waals surface area contributed by atoms with Gasteiger partial charge in [-0.05, 0) is 30.5 Å². The number of hydrogen-bond acceptors (Lipinski definition) is 2. The number of amides is 1. The van der Waals surface area contributed by atoms with E-state index in [1.807, 2.05) is 0 Å². The Kier molecular flexibility index (Phi) is 4.01. The van der Waals surface area contributed by atoms with E-state index in [4.69, 9.17) is 0 Å². The number of nitrogens with one attached hydrogen (secondary N) is 1. The number of halogens is 2. The lowest BCUT2D eigenvalue weighted by molar-refractivity contribution is -0.147. The van der Waals surface area contributed by atoms with Crippen LogP contribution in [-0.4, -0.2) is 22.5 Å². The van der Waals surface area contributed by atoms with Gasteiger partial charge in [-0.3, -0.25) is 4.79 Å². The van der Waals surface area contributed by atoms with Gasteiger partial charge >= 0.3 is 5.97 Å². The van der Waals surface area contributed by atoms with Crippen LogP contribution in [0.3, 0.4) is 0 Å². The molecular weight excluding hydrogens is 268 g/mol. The van der Waals surface area contributed by atoms with E-state index in [1.165, 1.54) is 6.07 Å². The topological polar surface area (TPSA) is 66.4 Å². The Hall–Kier alpha value is -1.98. The van der Waals surface area contributed by atoms with Crippen LogP contribution in [0.1, 0.15) is 31.2 Å². The van der Waals surface area contributed by atoms with Gasteiger partial charge in [-0.15, -0.1) is 0 Å². The van der Waals surface area contributed by atoms with Crippen LogP contribution in [0.5, 0.6) is 0 Å². The number of benzene rings is 1. The number of carbonyl (C=O) groups is 2. The molecule has 0 aromatic heterocycles. The molecular formula is C14H15F2NO3. The largest absolute Gasteiger partial charge is 0.480 e. The lowest BCUT2D eigenvalue weighted by Crippen LogP contribution is -2.52. The molecule has 20 heavy (non-hydrogen) atoms. The Balaban J connectivity index is 2.04. The molecule has 0 radical (unpaired) electrons. The van der Waals surface area contributed by atoms with Gasteiger partial charge in [0.2, 0.25) is 5.91 Å². The zero-order valence-corrected chi connectivity index (χ0v) is 10.8. The molecule has 0 heterocycles. The Bertz CT molecular complexity index is 539. The molecule has 0 spiro atoms. The molecule has 1 aromatic carbocycles. The number of aliphatic carboxylic acids is 1. The first-order chi connectivity index (χ1) is 9.43. The fraction of sp³-hybridized carbons (Fsp3) is 0.429. The van der Waals surface area contributed by atoms with Crippen LogP contribution < -0.4 is 5.32 Å². The molecule has 1 fully saturated rings. The average molecular weight is 283 g/mol. The number of hydrogen-bond donors (Lipinski definition) is 2. The summed E-state index contributed by atoms with van der Waals surface area (Å²) in [6.45, 7) is 0. The third-order valence-corrected chi connectivity index (χ3v) is 3.59. The maximum absolute atomic E-state index is 13.0. The Morgan fingerprint density at radius 3 is 2.40 bits per heavy atom. The van der Waals surface area contributed by atoms with Gasteiger partial charge < -0.3 is 10.4 Å². The molecule has 1 aliphatic carbocycles. The highest BCUT2D eigenvalue weighted by Gasteiger charge is 2.42. The van der Waals surface area contributed by atoms with Gasteiger partial charge in [0.1, 0.15) is 5.54 Å². The third-order valence-electron chi connectivity index (χ3n) is 3.59. The highest BCUT2D eigenvalue weighted by Crippen LogP contribution is 2.30. The molecule has 0 unspecified atom stereocenters. The predicted octanol–water partition coefficient (Wildman–Crippen LogP) is 2.02. The fourth-order valence-corrected chi connectivity index (χ4v) is 2.52. The summed E-state index contributed by atoms with van der Waals surface area (Å²) in [5, 5.41) is 11.8. The zero-order chi connectivity index (χ0) is 14.8. The van der Waals surface area contributed by atoms with Gasteiger partial charge in [-0.25, -0.2) is 13.6 Å². The van der Waals surface area contributed by atoms with Crippen molar-refractivity contribution in [3.8, 4) is 0 Å². The summed E-state index contributed by atoms with van der Waals surface area (Å²) in [7, 11) is 0. The van der Waals surface area contributed by atoms with Gasteiger partial charge in [0.05, 0.1) is 6.42 Å². The summed E-state index contributed by atoms with van der Waals surface area (Å²) in [6, 6.07) is 3.19. The van der Waals surface area contributed by atoms with Crippen LogP contribution in [0, 0.1) is 11.6 Å². The van der Waals surface area contributed by atoms with Crippen molar-refractivity contribution in [1.82, 2.24) is 5.32 Å². The molecule has 1 aromatic rings. The van der Waals surface area contributed by atoms with Crippen molar-refractivity contribution >= 4 is 11.9 Å². The average Bonchev–Trinajstić information content (AvgIpc) is 2.83. The second kappa shape index (κ2) is 5.56. The van der Waals surface area contributed by atoms with Crippen LogP contribution in [0.2, 0.25) is 0 Å². The summed E-state index contributed by atoms with van der Waals surface area (Å²) in [5.74, 6) is -3.55. The van der Waals surface area contributed by atoms with Crippen molar-refractivity contribution < 1.29 is 23.5 Å². The van der Waals surface area contributed by atoms with E-state index in [9.17, 15) is 23.5 Å². The van der Waals surface area contributed by atoms with Gasteiger partial charge in [-0.1, -0.05) is 18.9 Å². The summed E-state index contributed by atoms with van der Waals surface area (Å²) in [5.41, 5.74) is -0.907. The second-order valence-corrected chi connectivity index (χ2v) is 5.07. The fourth-order valence-electron chi connectivity index (χ4n) is 2.52. The van der Waals surface area contributed by atoms with E-state index in [-0.39, 0.29) is 6.42 Å². The molecule has 0 saturated heterocycles. The van der Waals surface area contributed by atoms with Crippen molar-refractivity contribution in [3.05, 3.63) is 35.4 Å². The maximum Gasteiger partial charge on any atom is 0.329 e. The zero-order valence-electron chi connectivity index (χ0n) is 10.8. The molecule has 4 nitrogen and oxygen atoms in total. The standard InChI is InChI=1S/C14H15F2NO3/c15-10-4-3-9(7-11(10)16)8-12(18)17-14(13(19)20)5-1-2-6-14/h3-4,7H,1-2,5-6,8H2,(H,17,18)(H,19,20). The van der Waals surface area contributed by atoms with Gasteiger partial charge in [0.15, 0.2) is 11.6 Å². The van der Waals surface area contributed by atoms with Crippen molar-refractivity contribution in [2.75, 3.05) is 0 Å². The van der Waals surface area contributed by atoms with E-state index >= 15 is 0 Å². The molecule has 0 atom stereocenters. The molecule has 1 aliphatic rings. The number of carbonyl (C=O) groups excluding carboxylic acids is 1. The Labute approximate surface area is 114 Å². The van der Waals surface area contributed by atoms with E-state index in [2.05, 4.69) is 5.32 Å². The molecule has 0 bridgehead atoms. The summed E-state index contributed by atoms with van der Waals surface area (Å²) < 4.78 is 25.8. The van der Waals surface area contributed by atoms with Gasteiger partial charge in [-0.2, -0.15) is 0 Å². The smallest absolute Gasteiger partial charge is 0.329 e. The normalized spacial score (nSPS) is 16.9. The lowest BCUT2D eigenvalue weighted by Gasteiger charge is -2.25. The highest BCUT2D eigenvalue weighted by atomic mass is 19.2. The molecule has 2 rings (SSSR count). The summed E-state index contributed by atoms with van der Waals surface area (Å²) in [4.78, 5) is 23.2. The van der Waals surface area contributed by atoms with E-state index < -0.39 is 29.0 Å². The lowest BCUT2D eigenvalue weighted by atomic mass is 9.97. The SMILES string of the molecule is O=C(Cc1ccc(F)c(F)c1)NC1(C(=O)O)CCCC1. The van der Waals surface area contributed by atoms with E-state index in [1.54, 1.807) is 0 Å². The summed E-state index contributed by atoms with van der Waals surface area (Å²) in [6.07, 6.45) is 2.11. The van der Waals surface area contributed by atoms with Gasteiger partial charge in [0.25, 0.3) is 0 Å². The van der Waals surface area contributed by atoms with Crippen LogP contribution >= 0.6 is 0 Å². The quantitative estimate of drug-likeness (QED) is 0.888. The van der Waals surface area contributed by atoms with Crippen molar-refractivity contribution in [2.45, 2.75) is 37.6 Å². The first kappa shape index (κ1) is 14.4. The number of carboxylic acids is 1. The summed E-state index contributed by atoms with van der Waals surface area (Å²) >= 11 is 0. The second-order valence-electron chi connectivity index (χ2n) is 5.07. The molecule has 1 saturated carbocycles. The predicted molar refractivity (Wildman–Crippen MR) is 67.0 cm³/mol. The minimum absolute atomic E-state index is 0.174. The van der Waals surface area contributed by atoms with Gasteiger partial charge in [0, 0.05) is 0 Å². The monoisotopic (exact) mass is 283 g/mol. The first-order valence-electron chi connectivity index (χ1n) is 6.41. The number of rotatable bonds is 4. The molecule has 1 amide bonds. The highest BCUT2D eigenvalue weighted by molar-refractivity contribution is 5.88. The third kappa shape index (κ3) is 2.95. The molecule has 108 valence electrons. The maximum atomic E-state index is 13.0. The Morgan fingerprint density at radius 1 is 1.20 bits per heavy atom. The minimum atomic E-state index is -1.21. The van der Waals surface area contributed by atoms with Crippen LogP contribution in [0.15, 0.2) is 18.2 Å². The molecule has 0 aliphatic heterocycles. The van der Waals surface area contributed by atoms with E-state index in [0.717, 1.165) is 25.0 Å². The van der Waals surface area contributed by atoms with Crippen LogP contribution in [0.25, 0.3) is 0 Å². The minimum Gasteiger partial charge on any atom is -0.480 e. The number of carboxylic acid groups (broad SMARTS) is 1. The molecule has 6 heteroatoms. The van der Waals surface area contributed by atoms with Crippen molar-refractivity contribution in [3.63, 3.8) is 0 Å². The van der Waals surface area contributed by atoms with Crippen molar-refractivity contribution in [1.29, 1.82) is 0 Å². The Morgan fingerprint density at radius 2 is 1.85 bits per heavy atom.